The van der Waals surface area contributed by atoms with Gasteiger partial charge in [-0.15, -0.1) is 0 Å². The van der Waals surface area contributed by atoms with Crippen molar-refractivity contribution in [3.63, 3.8) is 0 Å². The summed E-state index contributed by atoms with van der Waals surface area (Å²) in [6.07, 6.45) is 6.95. The lowest BCUT2D eigenvalue weighted by atomic mass is 10.1. The molecule has 0 aliphatic heterocycles. The van der Waals surface area contributed by atoms with Gasteiger partial charge in [-0.2, -0.15) is 0 Å². The van der Waals surface area contributed by atoms with Crippen molar-refractivity contribution in [1.82, 2.24) is 5.32 Å². The molecular formula is C16H21NO3. The summed E-state index contributed by atoms with van der Waals surface area (Å²) in [7, 11) is 0. The third-order valence-corrected chi connectivity index (χ3v) is 2.84. The minimum Gasteiger partial charge on any atom is -0.481 e. The summed E-state index contributed by atoms with van der Waals surface area (Å²) in [5.41, 5.74) is 0.997. The van der Waals surface area contributed by atoms with Crippen LogP contribution in [0.25, 0.3) is 6.08 Å². The Kier molecular flexibility index (Phi) is 7.80. The summed E-state index contributed by atoms with van der Waals surface area (Å²) < 4.78 is 0. The van der Waals surface area contributed by atoms with Crippen LogP contribution >= 0.6 is 0 Å². The summed E-state index contributed by atoms with van der Waals surface area (Å²) in [5, 5.41) is 11.3. The molecule has 0 spiro atoms. The van der Waals surface area contributed by atoms with E-state index in [1.54, 1.807) is 6.08 Å². The maximum atomic E-state index is 11.5. The van der Waals surface area contributed by atoms with Crippen LogP contribution in [0.15, 0.2) is 36.4 Å². The zero-order chi connectivity index (χ0) is 14.6. The lowest BCUT2D eigenvalue weighted by Crippen LogP contribution is -2.21. The van der Waals surface area contributed by atoms with Gasteiger partial charge in [0.25, 0.3) is 0 Å². The van der Waals surface area contributed by atoms with Gasteiger partial charge < -0.3 is 10.4 Å². The van der Waals surface area contributed by atoms with Gasteiger partial charge >= 0.3 is 5.97 Å². The highest BCUT2D eigenvalue weighted by Crippen LogP contribution is 2.02. The van der Waals surface area contributed by atoms with Gasteiger partial charge in [-0.25, -0.2) is 0 Å². The first kappa shape index (κ1) is 16.0. The number of carboxylic acids is 1. The van der Waals surface area contributed by atoms with Crippen LogP contribution in [0.5, 0.6) is 0 Å². The van der Waals surface area contributed by atoms with Crippen molar-refractivity contribution >= 4 is 18.0 Å². The number of aliphatic carboxylic acids is 1. The number of hydrogen-bond acceptors (Lipinski definition) is 2. The highest BCUT2D eigenvalue weighted by atomic mass is 16.4. The number of carbonyl (C=O) groups is 2. The largest absolute Gasteiger partial charge is 0.481 e. The average Bonchev–Trinajstić information content (AvgIpc) is 2.45. The minimum absolute atomic E-state index is 0.0978. The first-order valence-corrected chi connectivity index (χ1v) is 6.91. The molecule has 2 N–H and O–H groups in total. The van der Waals surface area contributed by atoms with Crippen molar-refractivity contribution in [3.05, 3.63) is 42.0 Å². The van der Waals surface area contributed by atoms with E-state index in [9.17, 15) is 9.59 Å². The third kappa shape index (κ3) is 8.08. The predicted molar refractivity (Wildman–Crippen MR) is 79.2 cm³/mol. The zero-order valence-corrected chi connectivity index (χ0v) is 11.5. The topological polar surface area (TPSA) is 66.4 Å². The Bertz CT molecular complexity index is 440. The highest BCUT2D eigenvalue weighted by Gasteiger charge is 1.97. The maximum absolute atomic E-state index is 11.5. The Morgan fingerprint density at radius 1 is 1.05 bits per heavy atom. The molecule has 1 aromatic rings. The molecule has 0 heterocycles. The van der Waals surface area contributed by atoms with Crippen LogP contribution in [0, 0.1) is 0 Å². The van der Waals surface area contributed by atoms with Crippen LogP contribution in [0.2, 0.25) is 0 Å². The van der Waals surface area contributed by atoms with E-state index in [1.807, 2.05) is 30.3 Å². The van der Waals surface area contributed by atoms with E-state index < -0.39 is 5.97 Å². The number of carboxylic acid groups (broad SMARTS) is 1. The molecule has 0 saturated heterocycles. The number of benzene rings is 1. The summed E-state index contributed by atoms with van der Waals surface area (Å²) in [4.78, 5) is 21.8. The third-order valence-electron chi connectivity index (χ3n) is 2.84. The normalized spacial score (nSPS) is 10.6. The molecule has 108 valence electrons. The summed E-state index contributed by atoms with van der Waals surface area (Å²) >= 11 is 0. The quantitative estimate of drug-likeness (QED) is 0.538. The Labute approximate surface area is 119 Å². The summed E-state index contributed by atoms with van der Waals surface area (Å²) in [5.74, 6) is -0.844. The van der Waals surface area contributed by atoms with Crippen LogP contribution in [-0.2, 0) is 9.59 Å². The lowest BCUT2D eigenvalue weighted by molar-refractivity contribution is -0.137. The van der Waals surface area contributed by atoms with Crippen molar-refractivity contribution in [2.75, 3.05) is 6.54 Å². The molecule has 0 fully saturated rings. The average molecular weight is 275 g/mol. The molecule has 0 radical (unpaired) electrons. The van der Waals surface area contributed by atoms with Gasteiger partial charge in [-0.05, 0) is 24.5 Å². The number of hydrogen-bond donors (Lipinski definition) is 2. The molecule has 0 atom stereocenters. The first-order valence-electron chi connectivity index (χ1n) is 6.91. The van der Waals surface area contributed by atoms with Crippen molar-refractivity contribution in [3.8, 4) is 0 Å². The SMILES string of the molecule is O=C(O)CCCCCCNC(=O)/C=C/c1ccccc1. The first-order chi connectivity index (χ1) is 9.68. The van der Waals surface area contributed by atoms with Crippen molar-refractivity contribution < 1.29 is 14.7 Å². The molecule has 20 heavy (non-hydrogen) atoms. The molecule has 1 amide bonds. The van der Waals surface area contributed by atoms with Gasteiger partial charge in [0, 0.05) is 19.0 Å². The molecule has 0 bridgehead atoms. The number of unbranched alkanes of at least 4 members (excludes halogenated alkanes) is 3. The smallest absolute Gasteiger partial charge is 0.303 e. The van der Waals surface area contributed by atoms with Gasteiger partial charge in [0.15, 0.2) is 0 Å². The molecule has 0 unspecified atom stereocenters. The minimum atomic E-state index is -0.746. The second-order valence-electron chi connectivity index (χ2n) is 4.59. The van der Waals surface area contributed by atoms with Crippen molar-refractivity contribution in [1.29, 1.82) is 0 Å². The summed E-state index contributed by atoms with van der Waals surface area (Å²) in [6.45, 7) is 0.630. The number of amides is 1. The van der Waals surface area contributed by atoms with Gasteiger partial charge in [-0.1, -0.05) is 43.2 Å². The van der Waals surface area contributed by atoms with Crippen molar-refractivity contribution in [2.24, 2.45) is 0 Å². The lowest BCUT2D eigenvalue weighted by Gasteiger charge is -2.02. The van der Waals surface area contributed by atoms with Gasteiger partial charge in [0.05, 0.1) is 0 Å². The van der Waals surface area contributed by atoms with E-state index in [0.29, 0.717) is 13.0 Å². The van der Waals surface area contributed by atoms with Crippen LogP contribution < -0.4 is 5.32 Å². The Morgan fingerprint density at radius 3 is 2.45 bits per heavy atom. The standard InChI is InChI=1S/C16H21NO3/c18-15(12-11-14-8-4-3-5-9-14)17-13-7-2-1-6-10-16(19)20/h3-5,8-9,11-12H,1-2,6-7,10,13H2,(H,17,18)(H,19,20)/b12-11+. The maximum Gasteiger partial charge on any atom is 0.303 e. The number of rotatable bonds is 9. The van der Waals surface area contributed by atoms with Crippen LogP contribution in [-0.4, -0.2) is 23.5 Å². The molecule has 0 aliphatic carbocycles. The van der Waals surface area contributed by atoms with Crippen molar-refractivity contribution in [2.45, 2.75) is 32.1 Å². The fraction of sp³-hybridized carbons (Fsp3) is 0.375. The Morgan fingerprint density at radius 2 is 1.75 bits per heavy atom. The molecule has 4 heteroatoms. The molecule has 0 aliphatic rings. The predicted octanol–water partition coefficient (Wildman–Crippen LogP) is 2.85. The van der Waals surface area contributed by atoms with Gasteiger partial charge in [0.2, 0.25) is 5.91 Å². The van der Waals surface area contributed by atoms with E-state index in [1.165, 1.54) is 6.08 Å². The monoisotopic (exact) mass is 275 g/mol. The Hall–Kier alpha value is -2.10. The van der Waals surface area contributed by atoms with Crippen LogP contribution in [0.1, 0.15) is 37.7 Å². The molecule has 0 saturated carbocycles. The molecular weight excluding hydrogens is 254 g/mol. The second kappa shape index (κ2) is 9.78. The van der Waals surface area contributed by atoms with Crippen LogP contribution in [0.3, 0.4) is 0 Å². The van der Waals surface area contributed by atoms with Gasteiger partial charge in [0.1, 0.15) is 0 Å². The van der Waals surface area contributed by atoms with Gasteiger partial charge in [-0.3, -0.25) is 9.59 Å². The van der Waals surface area contributed by atoms with E-state index >= 15 is 0 Å². The van der Waals surface area contributed by atoms with E-state index in [-0.39, 0.29) is 12.3 Å². The number of carbonyl (C=O) groups excluding carboxylic acids is 1. The fourth-order valence-electron chi connectivity index (χ4n) is 1.76. The molecule has 4 nitrogen and oxygen atoms in total. The zero-order valence-electron chi connectivity index (χ0n) is 11.5. The summed E-state index contributed by atoms with van der Waals surface area (Å²) in [6, 6.07) is 9.66. The van der Waals surface area contributed by atoms with E-state index in [2.05, 4.69) is 5.32 Å². The van der Waals surface area contributed by atoms with E-state index in [0.717, 1.165) is 24.8 Å². The fourth-order valence-corrected chi connectivity index (χ4v) is 1.76. The Balaban J connectivity index is 2.06. The second-order valence-corrected chi connectivity index (χ2v) is 4.59. The molecule has 1 aromatic carbocycles. The van der Waals surface area contributed by atoms with Crippen LogP contribution in [0.4, 0.5) is 0 Å². The molecule has 1 rings (SSSR count). The number of nitrogens with one attached hydrogen (secondary N) is 1. The van der Waals surface area contributed by atoms with E-state index in [4.69, 9.17) is 5.11 Å². The molecule has 0 aromatic heterocycles. The highest BCUT2D eigenvalue weighted by molar-refractivity contribution is 5.91.